The third-order valence-electron chi connectivity index (χ3n) is 4.14. The fourth-order valence-electron chi connectivity index (χ4n) is 3.11. The Morgan fingerprint density at radius 1 is 1.47 bits per heavy atom. The molecule has 2 aliphatic rings. The summed E-state index contributed by atoms with van der Waals surface area (Å²) in [5, 5.41) is 8.90. The van der Waals surface area contributed by atoms with Crippen molar-refractivity contribution >= 4 is 12.0 Å². The quantitative estimate of drug-likeness (QED) is 0.872. The summed E-state index contributed by atoms with van der Waals surface area (Å²) in [5.74, 6) is -1.04. The molecule has 19 heavy (non-hydrogen) atoms. The highest BCUT2D eigenvalue weighted by Gasteiger charge is 2.35. The number of hydrogen-bond acceptors (Lipinski definition) is 5. The van der Waals surface area contributed by atoms with Crippen LogP contribution in [0, 0.1) is 0 Å². The SMILES string of the molecule is CC1CN2CCCCC2CN1c1nc(C(=O)O)co1. The van der Waals surface area contributed by atoms with Crippen molar-refractivity contribution in [1.82, 2.24) is 9.88 Å². The van der Waals surface area contributed by atoms with Crippen molar-refractivity contribution in [3.05, 3.63) is 12.0 Å². The normalized spacial score (nSPS) is 28.2. The van der Waals surface area contributed by atoms with Crippen molar-refractivity contribution in [3.63, 3.8) is 0 Å². The zero-order chi connectivity index (χ0) is 13.4. The third-order valence-corrected chi connectivity index (χ3v) is 4.14. The Kier molecular flexibility index (Phi) is 3.18. The van der Waals surface area contributed by atoms with Crippen LogP contribution in [0.25, 0.3) is 0 Å². The lowest BCUT2D eigenvalue weighted by Crippen LogP contribution is -2.59. The molecule has 0 bridgehead atoms. The molecule has 2 aliphatic heterocycles. The van der Waals surface area contributed by atoms with E-state index >= 15 is 0 Å². The molecule has 2 atom stereocenters. The maximum Gasteiger partial charge on any atom is 0.357 e. The predicted octanol–water partition coefficient (Wildman–Crippen LogP) is 1.44. The van der Waals surface area contributed by atoms with Crippen LogP contribution in [0.4, 0.5) is 6.01 Å². The summed E-state index contributed by atoms with van der Waals surface area (Å²) in [6.07, 6.45) is 4.98. The largest absolute Gasteiger partial charge is 0.476 e. The van der Waals surface area contributed by atoms with E-state index in [-0.39, 0.29) is 5.69 Å². The van der Waals surface area contributed by atoms with Crippen LogP contribution in [0.2, 0.25) is 0 Å². The first-order chi connectivity index (χ1) is 9.15. The molecule has 0 aliphatic carbocycles. The zero-order valence-corrected chi connectivity index (χ0v) is 11.1. The number of piperidine rings is 1. The minimum Gasteiger partial charge on any atom is -0.476 e. The van der Waals surface area contributed by atoms with E-state index in [1.807, 2.05) is 0 Å². The van der Waals surface area contributed by atoms with Crippen LogP contribution in [-0.4, -0.2) is 52.7 Å². The number of aromatic nitrogens is 1. The van der Waals surface area contributed by atoms with Crippen molar-refractivity contribution in [2.24, 2.45) is 0 Å². The van der Waals surface area contributed by atoms with E-state index in [1.54, 1.807) is 0 Å². The van der Waals surface area contributed by atoms with Crippen LogP contribution in [0.15, 0.2) is 10.7 Å². The fourth-order valence-corrected chi connectivity index (χ4v) is 3.11. The Morgan fingerprint density at radius 2 is 2.32 bits per heavy atom. The standard InChI is InChI=1S/C13H19N3O3/c1-9-6-15-5-3-2-4-10(15)7-16(9)13-14-11(8-19-13)12(17)18/h8-10H,2-7H2,1H3,(H,17,18). The van der Waals surface area contributed by atoms with Gasteiger partial charge < -0.3 is 14.4 Å². The average molecular weight is 265 g/mol. The predicted molar refractivity (Wildman–Crippen MR) is 69.5 cm³/mol. The average Bonchev–Trinajstić information content (AvgIpc) is 2.87. The van der Waals surface area contributed by atoms with Gasteiger partial charge in [0.25, 0.3) is 6.01 Å². The lowest BCUT2D eigenvalue weighted by atomic mass is 9.97. The number of oxazole rings is 1. The number of carboxylic acids is 1. The zero-order valence-electron chi connectivity index (χ0n) is 11.1. The Morgan fingerprint density at radius 3 is 3.05 bits per heavy atom. The van der Waals surface area contributed by atoms with Crippen molar-refractivity contribution in [2.75, 3.05) is 24.5 Å². The van der Waals surface area contributed by atoms with Crippen LogP contribution in [0.1, 0.15) is 36.7 Å². The van der Waals surface area contributed by atoms with Crippen molar-refractivity contribution in [2.45, 2.75) is 38.3 Å². The smallest absolute Gasteiger partial charge is 0.357 e. The molecule has 6 heteroatoms. The lowest BCUT2D eigenvalue weighted by Gasteiger charge is -2.46. The Hall–Kier alpha value is -1.56. The molecule has 2 unspecified atom stereocenters. The molecule has 0 aromatic carbocycles. The highest BCUT2D eigenvalue weighted by atomic mass is 16.4. The van der Waals surface area contributed by atoms with Gasteiger partial charge in [-0.3, -0.25) is 4.90 Å². The highest BCUT2D eigenvalue weighted by Crippen LogP contribution is 2.27. The molecule has 0 saturated carbocycles. The number of rotatable bonds is 2. The molecule has 0 amide bonds. The minimum atomic E-state index is -1.04. The molecule has 2 saturated heterocycles. The van der Waals surface area contributed by atoms with Gasteiger partial charge >= 0.3 is 5.97 Å². The number of aromatic carboxylic acids is 1. The second-order valence-electron chi connectivity index (χ2n) is 5.47. The summed E-state index contributed by atoms with van der Waals surface area (Å²) >= 11 is 0. The van der Waals surface area contributed by atoms with Gasteiger partial charge in [-0.2, -0.15) is 4.98 Å². The number of nitrogens with zero attached hydrogens (tertiary/aromatic N) is 3. The number of piperazine rings is 1. The van der Waals surface area contributed by atoms with E-state index in [2.05, 4.69) is 21.7 Å². The fraction of sp³-hybridized carbons (Fsp3) is 0.692. The van der Waals surface area contributed by atoms with Crippen LogP contribution in [-0.2, 0) is 0 Å². The molecule has 1 N–H and O–H groups in total. The number of fused-ring (bicyclic) bond motifs is 1. The summed E-state index contributed by atoms with van der Waals surface area (Å²) in [5.41, 5.74) is -0.0201. The summed E-state index contributed by atoms with van der Waals surface area (Å²) < 4.78 is 5.33. The van der Waals surface area contributed by atoms with Crippen molar-refractivity contribution in [3.8, 4) is 0 Å². The number of anilines is 1. The van der Waals surface area contributed by atoms with Crippen LogP contribution in [0.5, 0.6) is 0 Å². The van der Waals surface area contributed by atoms with E-state index < -0.39 is 5.97 Å². The van der Waals surface area contributed by atoms with Crippen molar-refractivity contribution < 1.29 is 14.3 Å². The second kappa shape index (κ2) is 4.85. The minimum absolute atomic E-state index is 0.0201. The first-order valence-corrected chi connectivity index (χ1v) is 6.84. The van der Waals surface area contributed by atoms with Gasteiger partial charge in [-0.25, -0.2) is 4.79 Å². The molecule has 6 nitrogen and oxygen atoms in total. The second-order valence-corrected chi connectivity index (χ2v) is 5.47. The van der Waals surface area contributed by atoms with Gasteiger partial charge in [-0.1, -0.05) is 6.42 Å². The molecule has 1 aromatic heterocycles. The number of hydrogen-bond donors (Lipinski definition) is 1. The number of carboxylic acid groups (broad SMARTS) is 1. The molecular weight excluding hydrogens is 246 g/mol. The molecule has 0 radical (unpaired) electrons. The topological polar surface area (TPSA) is 69.8 Å². The van der Waals surface area contributed by atoms with Gasteiger partial charge in [-0.15, -0.1) is 0 Å². The summed E-state index contributed by atoms with van der Waals surface area (Å²) in [6, 6.07) is 1.29. The van der Waals surface area contributed by atoms with Crippen LogP contribution < -0.4 is 4.90 Å². The van der Waals surface area contributed by atoms with E-state index in [0.717, 1.165) is 13.1 Å². The van der Waals surface area contributed by atoms with E-state index in [9.17, 15) is 4.79 Å². The molecule has 0 spiro atoms. The molecule has 2 fully saturated rings. The highest BCUT2D eigenvalue weighted by molar-refractivity contribution is 5.85. The summed E-state index contributed by atoms with van der Waals surface area (Å²) in [4.78, 5) is 19.5. The van der Waals surface area contributed by atoms with Gasteiger partial charge in [0.1, 0.15) is 6.26 Å². The van der Waals surface area contributed by atoms with E-state index in [1.165, 1.54) is 32.1 Å². The van der Waals surface area contributed by atoms with Gasteiger partial charge in [0.05, 0.1) is 0 Å². The lowest BCUT2D eigenvalue weighted by molar-refractivity contribution is 0.0690. The Labute approximate surface area is 112 Å². The van der Waals surface area contributed by atoms with Gasteiger partial charge in [-0.05, 0) is 26.3 Å². The first-order valence-electron chi connectivity index (χ1n) is 6.84. The maximum atomic E-state index is 10.9. The van der Waals surface area contributed by atoms with Gasteiger partial charge in [0.15, 0.2) is 5.69 Å². The molecule has 3 heterocycles. The molecular formula is C13H19N3O3. The molecule has 104 valence electrons. The Bertz CT molecular complexity index is 473. The van der Waals surface area contributed by atoms with Gasteiger partial charge in [0, 0.05) is 25.2 Å². The van der Waals surface area contributed by atoms with E-state index in [0.29, 0.717) is 18.1 Å². The third kappa shape index (κ3) is 2.32. The van der Waals surface area contributed by atoms with E-state index in [4.69, 9.17) is 9.52 Å². The van der Waals surface area contributed by atoms with Crippen molar-refractivity contribution in [1.29, 1.82) is 0 Å². The van der Waals surface area contributed by atoms with Crippen LogP contribution >= 0.6 is 0 Å². The summed E-state index contributed by atoms with van der Waals surface area (Å²) in [6.45, 7) is 5.18. The van der Waals surface area contributed by atoms with Crippen LogP contribution in [0.3, 0.4) is 0 Å². The monoisotopic (exact) mass is 265 g/mol. The first kappa shape index (κ1) is 12.5. The number of carbonyl (C=O) groups is 1. The molecule has 3 rings (SSSR count). The van der Waals surface area contributed by atoms with Gasteiger partial charge in [0.2, 0.25) is 0 Å². The Balaban J connectivity index is 1.77. The summed E-state index contributed by atoms with van der Waals surface area (Å²) in [7, 11) is 0. The molecule has 1 aromatic rings. The maximum absolute atomic E-state index is 10.9.